The molecule has 1 saturated carbocycles. The topological polar surface area (TPSA) is 92.3 Å². The van der Waals surface area contributed by atoms with Crippen molar-refractivity contribution in [3.05, 3.63) is 34.6 Å². The molecule has 0 unspecified atom stereocenters. The van der Waals surface area contributed by atoms with E-state index in [1.54, 1.807) is 31.0 Å². The lowest BCUT2D eigenvalue weighted by Crippen LogP contribution is -2.30. The Hall–Kier alpha value is -1.71. The molecule has 1 aliphatic carbocycles. The number of anilines is 1. The van der Waals surface area contributed by atoms with Gasteiger partial charge in [-0.15, -0.1) is 0 Å². The molecule has 1 aromatic carbocycles. The van der Waals surface area contributed by atoms with Gasteiger partial charge < -0.3 is 4.90 Å². The van der Waals surface area contributed by atoms with Crippen LogP contribution in [0.3, 0.4) is 0 Å². The number of nitrogens with zero attached hydrogens (tertiary/aromatic N) is 3. The molecule has 140 valence electrons. The van der Waals surface area contributed by atoms with E-state index in [-0.39, 0.29) is 21.9 Å². The number of hydrogen-bond donors (Lipinski definition) is 1. The zero-order chi connectivity index (χ0) is 18.9. The van der Waals surface area contributed by atoms with Gasteiger partial charge >= 0.3 is 0 Å². The Morgan fingerprint density at radius 3 is 2.85 bits per heavy atom. The summed E-state index contributed by atoms with van der Waals surface area (Å²) in [6, 6.07) is 4.71. The summed E-state index contributed by atoms with van der Waals surface area (Å²) in [5.41, 5.74) is 0.478. The highest BCUT2D eigenvalue weighted by molar-refractivity contribution is 7.93. The predicted molar refractivity (Wildman–Crippen MR) is 101 cm³/mol. The minimum Gasteiger partial charge on any atom is -0.345 e. The molecule has 0 atom stereocenters. The van der Waals surface area contributed by atoms with E-state index in [2.05, 4.69) is 14.1 Å². The second kappa shape index (κ2) is 7.50. The maximum atomic E-state index is 12.5. The normalized spacial score (nSPS) is 14.3. The van der Waals surface area contributed by atoms with Gasteiger partial charge in [-0.2, -0.15) is 4.37 Å². The molecule has 1 amide bonds. The van der Waals surface area contributed by atoms with Crippen LogP contribution in [0.4, 0.5) is 5.13 Å². The molecule has 2 aromatic rings. The summed E-state index contributed by atoms with van der Waals surface area (Å²) in [6.45, 7) is 2.15. The van der Waals surface area contributed by atoms with Crippen molar-refractivity contribution in [3.8, 4) is 0 Å². The fraction of sp³-hybridized carbons (Fsp3) is 0.438. The lowest BCUT2D eigenvalue weighted by atomic mass is 10.2. The summed E-state index contributed by atoms with van der Waals surface area (Å²) in [4.78, 5) is 17.9. The van der Waals surface area contributed by atoms with Crippen LogP contribution in [0, 0.1) is 12.8 Å². The molecule has 1 fully saturated rings. The van der Waals surface area contributed by atoms with E-state index in [1.165, 1.54) is 6.07 Å². The van der Waals surface area contributed by atoms with Crippen molar-refractivity contribution in [1.29, 1.82) is 0 Å². The molecule has 0 radical (unpaired) electrons. The largest absolute Gasteiger partial charge is 0.345 e. The molecule has 1 aliphatic rings. The average Bonchev–Trinajstić information content (AvgIpc) is 3.35. The molecule has 3 rings (SSSR count). The maximum absolute atomic E-state index is 12.5. The number of sulfonamides is 1. The number of hydrogen-bond acceptors (Lipinski definition) is 6. The van der Waals surface area contributed by atoms with Crippen LogP contribution in [-0.4, -0.2) is 42.2 Å². The lowest BCUT2D eigenvalue weighted by Gasteiger charge is -2.15. The Morgan fingerprint density at radius 1 is 1.42 bits per heavy atom. The quantitative estimate of drug-likeness (QED) is 0.751. The fourth-order valence-corrected chi connectivity index (χ4v) is 4.80. The molecule has 0 saturated heterocycles. The van der Waals surface area contributed by atoms with Gasteiger partial charge in [0, 0.05) is 42.5 Å². The highest BCUT2D eigenvalue weighted by atomic mass is 35.5. The first-order valence-electron chi connectivity index (χ1n) is 8.13. The van der Waals surface area contributed by atoms with E-state index in [0.717, 1.165) is 24.4 Å². The Morgan fingerprint density at radius 2 is 2.15 bits per heavy atom. The van der Waals surface area contributed by atoms with Gasteiger partial charge in [-0.1, -0.05) is 17.7 Å². The number of aromatic nitrogens is 2. The van der Waals surface area contributed by atoms with Crippen molar-refractivity contribution in [2.24, 2.45) is 5.92 Å². The molecule has 26 heavy (non-hydrogen) atoms. The molecule has 1 N–H and O–H groups in total. The SMILES string of the molecule is Cc1c(Cl)cccc1S(=O)(=O)Nc1nc(CCN(C)C(=O)C2CC2)ns1. The first kappa shape index (κ1) is 19.1. The monoisotopic (exact) mass is 414 g/mol. The molecule has 1 aromatic heterocycles. The highest BCUT2D eigenvalue weighted by Gasteiger charge is 2.31. The number of amides is 1. The van der Waals surface area contributed by atoms with Gasteiger partial charge in [0.05, 0.1) is 4.90 Å². The summed E-state index contributed by atoms with van der Waals surface area (Å²) < 4.78 is 31.7. The van der Waals surface area contributed by atoms with Gasteiger partial charge in [-0.25, -0.2) is 13.4 Å². The van der Waals surface area contributed by atoms with E-state index < -0.39 is 10.0 Å². The summed E-state index contributed by atoms with van der Waals surface area (Å²) >= 11 is 6.97. The van der Waals surface area contributed by atoms with E-state index >= 15 is 0 Å². The number of halogens is 1. The van der Waals surface area contributed by atoms with Crippen molar-refractivity contribution >= 4 is 44.2 Å². The second-order valence-electron chi connectivity index (χ2n) is 6.27. The van der Waals surface area contributed by atoms with Gasteiger partial charge in [-0.3, -0.25) is 9.52 Å². The highest BCUT2D eigenvalue weighted by Crippen LogP contribution is 2.30. The minimum atomic E-state index is -3.79. The summed E-state index contributed by atoms with van der Waals surface area (Å²) in [5.74, 6) is 0.829. The van der Waals surface area contributed by atoms with Crippen LogP contribution >= 0.6 is 23.1 Å². The van der Waals surface area contributed by atoms with Crippen LogP contribution in [0.1, 0.15) is 24.2 Å². The summed E-state index contributed by atoms with van der Waals surface area (Å²) in [7, 11) is -2.03. The number of nitrogens with one attached hydrogen (secondary N) is 1. The van der Waals surface area contributed by atoms with Crippen molar-refractivity contribution in [3.63, 3.8) is 0 Å². The lowest BCUT2D eigenvalue weighted by molar-refractivity contribution is -0.131. The van der Waals surface area contributed by atoms with Gasteiger partial charge in [0.2, 0.25) is 11.0 Å². The molecule has 0 aliphatic heterocycles. The molecular formula is C16H19ClN4O3S2. The summed E-state index contributed by atoms with van der Waals surface area (Å²) in [6.07, 6.45) is 2.41. The average molecular weight is 415 g/mol. The number of likely N-dealkylation sites (N-methyl/N-ethyl adjacent to an activating group) is 1. The van der Waals surface area contributed by atoms with Crippen molar-refractivity contribution in [2.45, 2.75) is 31.1 Å². The molecular weight excluding hydrogens is 396 g/mol. The zero-order valence-corrected chi connectivity index (χ0v) is 16.8. The Balaban J connectivity index is 1.64. The molecule has 7 nitrogen and oxygen atoms in total. The number of rotatable bonds is 7. The third-order valence-corrected chi connectivity index (χ3v) is 6.86. The van der Waals surface area contributed by atoms with Crippen LogP contribution < -0.4 is 4.72 Å². The van der Waals surface area contributed by atoms with Crippen LogP contribution in [0.25, 0.3) is 0 Å². The van der Waals surface area contributed by atoms with Gasteiger partial charge in [0.25, 0.3) is 10.0 Å². The fourth-order valence-electron chi connectivity index (χ4n) is 2.47. The molecule has 10 heteroatoms. The maximum Gasteiger partial charge on any atom is 0.264 e. The van der Waals surface area contributed by atoms with E-state index in [9.17, 15) is 13.2 Å². The molecule has 0 spiro atoms. The molecule has 0 bridgehead atoms. The van der Waals surface area contributed by atoms with Crippen LogP contribution in [0.5, 0.6) is 0 Å². The number of benzene rings is 1. The molecule has 1 heterocycles. The van der Waals surface area contributed by atoms with Crippen LogP contribution in [-0.2, 0) is 21.2 Å². The Kier molecular flexibility index (Phi) is 5.50. The van der Waals surface area contributed by atoms with Crippen molar-refractivity contribution in [2.75, 3.05) is 18.3 Å². The Labute approximate surface area is 161 Å². The smallest absolute Gasteiger partial charge is 0.264 e. The van der Waals surface area contributed by atoms with E-state index in [4.69, 9.17) is 11.6 Å². The van der Waals surface area contributed by atoms with Gasteiger partial charge in [-0.05, 0) is 37.5 Å². The van der Waals surface area contributed by atoms with Gasteiger partial charge in [0.15, 0.2) is 0 Å². The number of carbonyl (C=O) groups excluding carboxylic acids is 1. The van der Waals surface area contributed by atoms with Crippen molar-refractivity contribution in [1.82, 2.24) is 14.3 Å². The standard InChI is InChI=1S/C16H19ClN4O3S2/c1-10-12(17)4-3-5-13(10)26(23,24)20-16-18-14(19-25-16)8-9-21(2)15(22)11-6-7-11/h3-5,11H,6-9H2,1-2H3,(H,18,19,20). The van der Waals surface area contributed by atoms with Crippen LogP contribution in [0.15, 0.2) is 23.1 Å². The van der Waals surface area contributed by atoms with Crippen LogP contribution in [0.2, 0.25) is 5.02 Å². The third kappa shape index (κ3) is 4.33. The number of carbonyl (C=O) groups is 1. The van der Waals surface area contributed by atoms with Gasteiger partial charge in [0.1, 0.15) is 5.82 Å². The first-order chi connectivity index (χ1) is 12.3. The third-order valence-electron chi connectivity index (χ3n) is 4.17. The van der Waals surface area contributed by atoms with E-state index in [0.29, 0.717) is 29.4 Å². The summed E-state index contributed by atoms with van der Waals surface area (Å²) in [5, 5.41) is 0.574. The van der Waals surface area contributed by atoms with E-state index in [1.807, 2.05) is 0 Å². The zero-order valence-electron chi connectivity index (χ0n) is 14.4. The first-order valence-corrected chi connectivity index (χ1v) is 10.8. The predicted octanol–water partition coefficient (Wildman–Crippen LogP) is 2.71. The second-order valence-corrected chi connectivity index (χ2v) is 9.08. The van der Waals surface area contributed by atoms with Crippen molar-refractivity contribution < 1.29 is 13.2 Å². The minimum absolute atomic E-state index is 0.108. The Bertz CT molecular complexity index is 925.